The number of benzene rings is 2. The van der Waals surface area contributed by atoms with Crippen molar-refractivity contribution in [1.82, 2.24) is 5.16 Å². The highest BCUT2D eigenvalue weighted by Gasteiger charge is 2.50. The number of hydrogen-bond donors (Lipinski definition) is 1. The fourth-order valence-electron chi connectivity index (χ4n) is 5.75. The van der Waals surface area contributed by atoms with Crippen molar-refractivity contribution >= 4 is 11.9 Å². The Bertz CT molecular complexity index is 1240. The molecule has 2 bridgehead atoms. The Balaban J connectivity index is 1.27. The summed E-state index contributed by atoms with van der Waals surface area (Å²) in [5, 5.41) is 13.2. The number of rotatable bonds is 9. The summed E-state index contributed by atoms with van der Waals surface area (Å²) in [5.74, 6) is -0.497. The van der Waals surface area contributed by atoms with Crippen LogP contribution in [0.25, 0.3) is 11.3 Å². The number of nitrogens with zero attached hydrogens (tertiary/aromatic N) is 1. The number of hydrogen-bond acceptors (Lipinski definition) is 6. The van der Waals surface area contributed by atoms with Crippen LogP contribution >= 0.6 is 0 Å². The van der Waals surface area contributed by atoms with Crippen LogP contribution < -0.4 is 0 Å². The van der Waals surface area contributed by atoms with E-state index < -0.39 is 5.97 Å². The lowest BCUT2D eigenvalue weighted by Gasteiger charge is -2.53. The topological polar surface area (TPSA) is 98.9 Å². The van der Waals surface area contributed by atoms with E-state index in [0.29, 0.717) is 24.5 Å². The molecule has 3 aliphatic rings. The maximum atomic E-state index is 12.7. The number of aliphatic carboxylic acids is 1. The minimum Gasteiger partial charge on any atom is -0.481 e. The predicted octanol–water partition coefficient (Wildman–Crippen LogP) is 6.15. The maximum absolute atomic E-state index is 12.7. The first kappa shape index (κ1) is 25.2. The molecule has 3 fully saturated rings. The van der Waals surface area contributed by atoms with E-state index in [4.69, 9.17) is 19.1 Å². The summed E-state index contributed by atoms with van der Waals surface area (Å²) >= 11 is 0. The Morgan fingerprint density at radius 2 is 1.76 bits per heavy atom. The molecule has 1 aliphatic carbocycles. The first-order valence-corrected chi connectivity index (χ1v) is 13.0. The molecule has 7 heteroatoms. The maximum Gasteiger partial charge on any atom is 0.311 e. The van der Waals surface area contributed by atoms with Gasteiger partial charge in [-0.1, -0.05) is 59.8 Å². The van der Waals surface area contributed by atoms with Gasteiger partial charge < -0.3 is 19.1 Å². The fraction of sp³-hybridized carbons (Fsp3) is 0.433. The number of carbonyl (C=O) groups is 2. The highest BCUT2D eigenvalue weighted by Crippen LogP contribution is 2.55. The third-order valence-electron chi connectivity index (χ3n) is 8.20. The Morgan fingerprint density at radius 3 is 2.38 bits per heavy atom. The average Bonchev–Trinajstić information content (AvgIpc) is 3.28. The molecular weight excluding hydrogens is 470 g/mol. The largest absolute Gasteiger partial charge is 0.481 e. The van der Waals surface area contributed by atoms with Crippen molar-refractivity contribution < 1.29 is 28.7 Å². The molecule has 6 rings (SSSR count). The van der Waals surface area contributed by atoms with Gasteiger partial charge in [0.15, 0.2) is 5.76 Å². The highest BCUT2D eigenvalue weighted by molar-refractivity contribution is 5.77. The summed E-state index contributed by atoms with van der Waals surface area (Å²) in [4.78, 5) is 23.8. The zero-order chi connectivity index (χ0) is 26.0. The van der Waals surface area contributed by atoms with E-state index in [1.807, 2.05) is 56.3 Å². The first-order valence-electron chi connectivity index (χ1n) is 13.0. The molecule has 2 saturated heterocycles. The summed E-state index contributed by atoms with van der Waals surface area (Å²) < 4.78 is 17.7. The Morgan fingerprint density at radius 1 is 1.05 bits per heavy atom. The lowest BCUT2D eigenvalue weighted by atomic mass is 9.62. The number of carbonyl (C=O) groups excluding carboxylic acids is 1. The van der Waals surface area contributed by atoms with Gasteiger partial charge in [-0.2, -0.15) is 0 Å². The molecule has 1 N–H and O–H groups in total. The van der Waals surface area contributed by atoms with Crippen molar-refractivity contribution in [1.29, 1.82) is 0 Å². The molecule has 0 radical (unpaired) electrons. The molecule has 194 valence electrons. The lowest BCUT2D eigenvalue weighted by Crippen LogP contribution is -2.49. The third-order valence-corrected chi connectivity index (χ3v) is 8.20. The number of esters is 1. The molecule has 37 heavy (non-hydrogen) atoms. The number of aryl methyl sites for hydroxylation is 1. The van der Waals surface area contributed by atoms with Crippen molar-refractivity contribution in [3.05, 3.63) is 77.0 Å². The van der Waals surface area contributed by atoms with Gasteiger partial charge in [0.25, 0.3) is 0 Å². The van der Waals surface area contributed by atoms with E-state index in [-0.39, 0.29) is 35.9 Å². The minimum atomic E-state index is -0.742. The zero-order valence-corrected chi connectivity index (χ0v) is 21.4. The van der Waals surface area contributed by atoms with E-state index >= 15 is 0 Å². The average molecular weight is 504 g/mol. The number of carboxylic acid groups (broad SMARTS) is 1. The van der Waals surface area contributed by atoms with Crippen LogP contribution in [0.4, 0.5) is 0 Å². The second kappa shape index (κ2) is 10.1. The number of ether oxygens (including phenoxy) is 2. The summed E-state index contributed by atoms with van der Waals surface area (Å²) in [5.41, 5.74) is 3.99. The van der Waals surface area contributed by atoms with E-state index in [0.717, 1.165) is 47.9 Å². The van der Waals surface area contributed by atoms with Gasteiger partial charge in [-0.25, -0.2) is 0 Å². The quantitative estimate of drug-likeness (QED) is 0.350. The molecular formula is C30H33NO6. The number of fused-ring (bicyclic) bond motifs is 3. The molecule has 0 spiro atoms. The second-order valence-corrected chi connectivity index (χ2v) is 10.5. The number of aromatic nitrogens is 1. The summed E-state index contributed by atoms with van der Waals surface area (Å²) in [6.07, 6.45) is 4.36. The molecule has 1 saturated carbocycles. The molecule has 7 nitrogen and oxygen atoms in total. The highest BCUT2D eigenvalue weighted by atomic mass is 16.5. The molecule has 3 heterocycles. The standard InChI is InChI=1S/C30H33NO6/c1-20-25(18-27(34)36-21(2)22-6-4-3-5-7-22)28(37-31-20)23-8-10-24(11-9-23)30-16-14-29(15-17-30,19-35-30)13-12-26(32)33/h3-11,21H,12-19H2,1-2H3,(H,32,33)/t21-,29?,30?/m1/s1. The number of carboxylic acids is 1. The van der Waals surface area contributed by atoms with Gasteiger partial charge in [0.2, 0.25) is 0 Å². The Kier molecular flexibility index (Phi) is 6.90. The minimum absolute atomic E-state index is 0.00103. The molecule has 2 aromatic carbocycles. The van der Waals surface area contributed by atoms with Gasteiger partial charge in [0, 0.05) is 17.5 Å². The molecule has 0 amide bonds. The fourth-order valence-corrected chi connectivity index (χ4v) is 5.75. The van der Waals surface area contributed by atoms with Crippen LogP contribution in [0.15, 0.2) is 59.1 Å². The summed E-state index contributed by atoms with van der Waals surface area (Å²) in [6, 6.07) is 17.8. The van der Waals surface area contributed by atoms with Crippen molar-refractivity contribution in [2.24, 2.45) is 5.41 Å². The van der Waals surface area contributed by atoms with Gasteiger partial charge in [-0.05, 0) is 62.5 Å². The normalized spacial score (nSPS) is 23.5. The van der Waals surface area contributed by atoms with Crippen LogP contribution in [0.2, 0.25) is 0 Å². The van der Waals surface area contributed by atoms with Gasteiger partial charge in [0.05, 0.1) is 24.3 Å². The van der Waals surface area contributed by atoms with Crippen molar-refractivity contribution in [2.45, 2.75) is 70.5 Å². The smallest absolute Gasteiger partial charge is 0.311 e. The SMILES string of the molecule is Cc1noc(-c2ccc(C34CCC(CCC(=O)O)(CC3)CO4)cc2)c1CC(=O)O[C@H](C)c1ccccc1. The van der Waals surface area contributed by atoms with Crippen LogP contribution in [0.1, 0.15) is 73.9 Å². The molecule has 3 aromatic rings. The van der Waals surface area contributed by atoms with Crippen LogP contribution in [0.5, 0.6) is 0 Å². The van der Waals surface area contributed by atoms with Gasteiger partial charge in [0.1, 0.15) is 6.10 Å². The monoisotopic (exact) mass is 503 g/mol. The van der Waals surface area contributed by atoms with E-state index in [1.54, 1.807) is 0 Å². The van der Waals surface area contributed by atoms with E-state index in [9.17, 15) is 9.59 Å². The van der Waals surface area contributed by atoms with E-state index in [1.165, 1.54) is 0 Å². The van der Waals surface area contributed by atoms with Crippen LogP contribution in [-0.2, 0) is 31.1 Å². The van der Waals surface area contributed by atoms with Gasteiger partial charge in [-0.3, -0.25) is 9.59 Å². The van der Waals surface area contributed by atoms with Crippen molar-refractivity contribution in [3.8, 4) is 11.3 Å². The molecule has 1 atom stereocenters. The van der Waals surface area contributed by atoms with Gasteiger partial charge >= 0.3 is 11.9 Å². The van der Waals surface area contributed by atoms with Crippen molar-refractivity contribution in [3.63, 3.8) is 0 Å². The molecule has 0 unspecified atom stereocenters. The third kappa shape index (κ3) is 5.18. The molecule has 2 aliphatic heterocycles. The Labute approximate surface area is 216 Å². The predicted molar refractivity (Wildman–Crippen MR) is 137 cm³/mol. The van der Waals surface area contributed by atoms with E-state index in [2.05, 4.69) is 17.3 Å². The van der Waals surface area contributed by atoms with Crippen LogP contribution in [0, 0.1) is 12.3 Å². The van der Waals surface area contributed by atoms with Crippen LogP contribution in [0.3, 0.4) is 0 Å². The molecule has 1 aromatic heterocycles. The summed E-state index contributed by atoms with van der Waals surface area (Å²) in [6.45, 7) is 4.30. The van der Waals surface area contributed by atoms with Gasteiger partial charge in [-0.15, -0.1) is 0 Å². The summed E-state index contributed by atoms with van der Waals surface area (Å²) in [7, 11) is 0. The Hall–Kier alpha value is -3.45. The lowest BCUT2D eigenvalue weighted by molar-refractivity contribution is -0.192. The first-order chi connectivity index (χ1) is 17.8. The van der Waals surface area contributed by atoms with Crippen molar-refractivity contribution in [2.75, 3.05) is 6.61 Å². The second-order valence-electron chi connectivity index (χ2n) is 10.5. The van der Waals surface area contributed by atoms with Crippen LogP contribution in [-0.4, -0.2) is 28.8 Å². The zero-order valence-electron chi connectivity index (χ0n) is 21.4.